The molecule has 2 fully saturated rings. The van der Waals surface area contributed by atoms with Gasteiger partial charge in [0.15, 0.2) is 0 Å². The monoisotopic (exact) mass is 470 g/mol. The fraction of sp³-hybridized carbons (Fsp3) is 0.542. The van der Waals surface area contributed by atoms with Gasteiger partial charge in [0.05, 0.1) is 11.1 Å². The molecule has 1 aliphatic carbocycles. The van der Waals surface area contributed by atoms with Crippen molar-refractivity contribution in [1.82, 2.24) is 15.5 Å². The molecule has 2 heterocycles. The molecule has 3 atom stereocenters. The Morgan fingerprint density at radius 3 is 2.59 bits per heavy atom. The molecule has 1 aromatic carbocycles. The maximum atomic E-state index is 13.2. The van der Waals surface area contributed by atoms with Crippen molar-refractivity contribution in [3.05, 3.63) is 29.3 Å². The number of hydrogen-bond donors (Lipinski definition) is 3. The van der Waals surface area contributed by atoms with E-state index in [0.717, 1.165) is 24.2 Å². The Balaban J connectivity index is 1.45. The SMILES string of the molecule is CC(C)(C)OC(=O)NC1CCCC1CNc1cccc2c1C(=O)N(C1CCC(=O)NC1=O)C2=O. The Kier molecular flexibility index (Phi) is 6.33. The van der Waals surface area contributed by atoms with E-state index in [-0.39, 0.29) is 35.9 Å². The molecular formula is C24H30N4O6. The van der Waals surface area contributed by atoms with Crippen LogP contribution in [0.1, 0.15) is 73.6 Å². The molecule has 1 aromatic rings. The number of nitrogens with zero attached hydrogens (tertiary/aromatic N) is 1. The number of amides is 5. The summed E-state index contributed by atoms with van der Waals surface area (Å²) < 4.78 is 5.37. The van der Waals surface area contributed by atoms with E-state index in [2.05, 4.69) is 16.0 Å². The van der Waals surface area contributed by atoms with Crippen LogP contribution in [0.4, 0.5) is 10.5 Å². The van der Waals surface area contributed by atoms with Crippen LogP contribution < -0.4 is 16.0 Å². The summed E-state index contributed by atoms with van der Waals surface area (Å²) in [6.45, 7) is 5.93. The Hall–Kier alpha value is -3.43. The van der Waals surface area contributed by atoms with Crippen LogP contribution in [0.15, 0.2) is 18.2 Å². The number of fused-ring (bicyclic) bond motifs is 1. The van der Waals surface area contributed by atoms with Gasteiger partial charge in [-0.25, -0.2) is 4.79 Å². The first kappa shape index (κ1) is 23.7. The smallest absolute Gasteiger partial charge is 0.407 e. The van der Waals surface area contributed by atoms with Gasteiger partial charge in [-0.15, -0.1) is 0 Å². The molecule has 34 heavy (non-hydrogen) atoms. The predicted molar refractivity (Wildman–Crippen MR) is 122 cm³/mol. The molecule has 4 rings (SSSR count). The molecule has 3 unspecified atom stereocenters. The molecule has 10 heteroatoms. The van der Waals surface area contributed by atoms with E-state index >= 15 is 0 Å². The number of ether oxygens (including phenoxy) is 1. The first-order valence-corrected chi connectivity index (χ1v) is 11.6. The van der Waals surface area contributed by atoms with Crippen LogP contribution in [0.2, 0.25) is 0 Å². The van der Waals surface area contributed by atoms with Crippen LogP contribution in [0, 0.1) is 5.92 Å². The Labute approximate surface area is 197 Å². The maximum absolute atomic E-state index is 13.2. The van der Waals surface area contributed by atoms with Crippen molar-refractivity contribution in [1.29, 1.82) is 0 Å². The third-order valence-corrected chi connectivity index (χ3v) is 6.38. The molecule has 1 saturated heterocycles. The van der Waals surface area contributed by atoms with Gasteiger partial charge in [-0.3, -0.25) is 29.4 Å². The maximum Gasteiger partial charge on any atom is 0.407 e. The van der Waals surface area contributed by atoms with Crippen LogP contribution in [-0.4, -0.2) is 58.9 Å². The first-order valence-electron chi connectivity index (χ1n) is 11.6. The number of alkyl carbamates (subject to hydrolysis) is 1. The lowest BCUT2D eigenvalue weighted by Crippen LogP contribution is -2.54. The standard InChI is InChI=1S/C24H30N4O6/c1-24(2,3)34-23(33)26-15-8-4-6-13(15)12-25-16-9-5-7-14-19(16)22(32)28(21(14)31)17-10-11-18(29)27-20(17)30/h5,7,9,13,15,17,25H,4,6,8,10-12H2,1-3H3,(H,26,33)(H,27,29,30). The number of carbonyl (C=O) groups is 5. The van der Waals surface area contributed by atoms with Gasteiger partial charge >= 0.3 is 6.09 Å². The molecule has 1 saturated carbocycles. The fourth-order valence-electron chi connectivity index (χ4n) is 4.83. The predicted octanol–water partition coefficient (Wildman–Crippen LogP) is 2.19. The van der Waals surface area contributed by atoms with E-state index in [9.17, 15) is 24.0 Å². The van der Waals surface area contributed by atoms with E-state index in [1.54, 1.807) is 18.2 Å². The highest BCUT2D eigenvalue weighted by molar-refractivity contribution is 6.25. The molecule has 3 N–H and O–H groups in total. The van der Waals surface area contributed by atoms with Crippen LogP contribution in [0.3, 0.4) is 0 Å². The number of anilines is 1. The number of piperidine rings is 1. The lowest BCUT2D eigenvalue weighted by molar-refractivity contribution is -0.136. The zero-order valence-electron chi connectivity index (χ0n) is 19.6. The molecule has 0 spiro atoms. The van der Waals surface area contributed by atoms with Gasteiger partial charge in [0, 0.05) is 24.7 Å². The second-order valence-corrected chi connectivity index (χ2v) is 10.00. The third-order valence-electron chi connectivity index (χ3n) is 6.38. The number of benzene rings is 1. The zero-order valence-corrected chi connectivity index (χ0v) is 19.6. The summed E-state index contributed by atoms with van der Waals surface area (Å²) >= 11 is 0. The number of nitrogens with one attached hydrogen (secondary N) is 3. The summed E-state index contributed by atoms with van der Waals surface area (Å²) in [6, 6.07) is 3.91. The van der Waals surface area contributed by atoms with E-state index in [1.165, 1.54) is 0 Å². The zero-order chi connectivity index (χ0) is 24.6. The summed E-state index contributed by atoms with van der Waals surface area (Å²) in [5.41, 5.74) is 0.387. The lowest BCUT2D eigenvalue weighted by Gasteiger charge is -2.28. The largest absolute Gasteiger partial charge is 0.444 e. The molecule has 2 aliphatic heterocycles. The topological polar surface area (TPSA) is 134 Å². The minimum absolute atomic E-state index is 0.0589. The highest BCUT2D eigenvalue weighted by Crippen LogP contribution is 2.33. The minimum Gasteiger partial charge on any atom is -0.444 e. The van der Waals surface area contributed by atoms with Crippen molar-refractivity contribution in [2.24, 2.45) is 5.92 Å². The van der Waals surface area contributed by atoms with Crippen LogP contribution >= 0.6 is 0 Å². The van der Waals surface area contributed by atoms with Crippen LogP contribution in [0.25, 0.3) is 0 Å². The van der Waals surface area contributed by atoms with E-state index in [4.69, 9.17) is 4.74 Å². The van der Waals surface area contributed by atoms with Gasteiger partial charge in [-0.1, -0.05) is 12.5 Å². The van der Waals surface area contributed by atoms with Gasteiger partial charge in [-0.05, 0) is 58.1 Å². The van der Waals surface area contributed by atoms with Gasteiger partial charge < -0.3 is 15.4 Å². The number of hydrogen-bond acceptors (Lipinski definition) is 7. The van der Waals surface area contributed by atoms with Crippen molar-refractivity contribution in [2.45, 2.75) is 70.6 Å². The highest BCUT2D eigenvalue weighted by Gasteiger charge is 2.45. The van der Waals surface area contributed by atoms with Gasteiger partial charge in [0.1, 0.15) is 11.6 Å². The average Bonchev–Trinajstić information content (AvgIpc) is 3.28. The van der Waals surface area contributed by atoms with Crippen molar-refractivity contribution < 1.29 is 28.7 Å². The molecule has 0 bridgehead atoms. The summed E-state index contributed by atoms with van der Waals surface area (Å²) in [5.74, 6) is -2.01. The second-order valence-electron chi connectivity index (χ2n) is 10.00. The number of carbonyl (C=O) groups excluding carboxylic acids is 5. The Morgan fingerprint density at radius 2 is 1.88 bits per heavy atom. The quantitative estimate of drug-likeness (QED) is 0.562. The van der Waals surface area contributed by atoms with Crippen molar-refractivity contribution in [3.8, 4) is 0 Å². The van der Waals surface area contributed by atoms with Crippen molar-refractivity contribution >= 4 is 35.4 Å². The van der Waals surface area contributed by atoms with E-state index in [1.807, 2.05) is 20.8 Å². The molecule has 0 radical (unpaired) electrons. The Bertz CT molecular complexity index is 1050. The fourth-order valence-corrected chi connectivity index (χ4v) is 4.83. The molecule has 182 valence electrons. The van der Waals surface area contributed by atoms with Crippen molar-refractivity contribution in [2.75, 3.05) is 11.9 Å². The van der Waals surface area contributed by atoms with Gasteiger partial charge in [-0.2, -0.15) is 0 Å². The normalized spacial score (nSPS) is 24.7. The van der Waals surface area contributed by atoms with Gasteiger partial charge in [0.2, 0.25) is 11.8 Å². The average molecular weight is 471 g/mol. The van der Waals surface area contributed by atoms with Crippen LogP contribution in [0.5, 0.6) is 0 Å². The van der Waals surface area contributed by atoms with Crippen LogP contribution in [-0.2, 0) is 14.3 Å². The molecular weight excluding hydrogens is 440 g/mol. The van der Waals surface area contributed by atoms with E-state index in [0.29, 0.717) is 12.2 Å². The minimum atomic E-state index is -1.00. The highest BCUT2D eigenvalue weighted by atomic mass is 16.6. The third kappa shape index (κ3) is 4.76. The summed E-state index contributed by atoms with van der Waals surface area (Å²) in [4.78, 5) is 63.1. The molecule has 5 amide bonds. The first-order chi connectivity index (χ1) is 16.0. The number of imide groups is 2. The Morgan fingerprint density at radius 1 is 1.12 bits per heavy atom. The molecule has 3 aliphatic rings. The number of rotatable bonds is 5. The summed E-state index contributed by atoms with van der Waals surface area (Å²) in [6.07, 6.45) is 2.42. The second kappa shape index (κ2) is 9.08. The summed E-state index contributed by atoms with van der Waals surface area (Å²) in [5, 5.41) is 8.43. The van der Waals surface area contributed by atoms with Crippen molar-refractivity contribution in [3.63, 3.8) is 0 Å². The summed E-state index contributed by atoms with van der Waals surface area (Å²) in [7, 11) is 0. The van der Waals surface area contributed by atoms with Gasteiger partial charge in [0.25, 0.3) is 11.8 Å². The lowest BCUT2D eigenvalue weighted by atomic mass is 10.0. The molecule has 10 nitrogen and oxygen atoms in total. The van der Waals surface area contributed by atoms with E-state index < -0.39 is 41.4 Å². The molecule has 0 aromatic heterocycles.